The minimum atomic E-state index is -0.134. The van der Waals surface area contributed by atoms with Gasteiger partial charge < -0.3 is 10.2 Å². The van der Waals surface area contributed by atoms with Crippen LogP contribution < -0.4 is 10.2 Å². The molecule has 1 aromatic carbocycles. The van der Waals surface area contributed by atoms with Gasteiger partial charge in [0, 0.05) is 24.8 Å². The molecular formula is C18H22N4O. The van der Waals surface area contributed by atoms with Crippen molar-refractivity contribution in [3.05, 3.63) is 48.4 Å². The van der Waals surface area contributed by atoms with E-state index in [1.807, 2.05) is 30.3 Å². The Kier molecular flexibility index (Phi) is 4.86. The van der Waals surface area contributed by atoms with E-state index in [1.165, 1.54) is 25.6 Å². The summed E-state index contributed by atoms with van der Waals surface area (Å²) in [6.45, 7) is 0. The quantitative estimate of drug-likeness (QED) is 0.939. The standard InChI is InChI=1S/C18H22N4O/c1-22(15-10-6-3-7-11-15)18(23)16-12-17(20-13-19-16)21-14-8-4-2-5-9-14/h3,6-7,10-14H,2,4-5,8-9H2,1H3,(H,19,20,21). The molecule has 120 valence electrons. The van der Waals surface area contributed by atoms with Crippen LogP contribution in [0.4, 0.5) is 11.5 Å². The van der Waals surface area contributed by atoms with Gasteiger partial charge >= 0.3 is 0 Å². The predicted octanol–water partition coefficient (Wildman–Crippen LogP) is 3.50. The maximum atomic E-state index is 12.6. The molecule has 3 rings (SSSR count). The summed E-state index contributed by atoms with van der Waals surface area (Å²) in [5.41, 5.74) is 1.25. The molecule has 0 saturated heterocycles. The van der Waals surface area contributed by atoms with E-state index in [-0.39, 0.29) is 5.91 Å². The molecule has 1 N–H and O–H groups in total. The van der Waals surface area contributed by atoms with E-state index >= 15 is 0 Å². The Hall–Kier alpha value is -2.43. The number of benzene rings is 1. The van der Waals surface area contributed by atoms with Gasteiger partial charge in [-0.15, -0.1) is 0 Å². The van der Waals surface area contributed by atoms with Crippen molar-refractivity contribution in [3.63, 3.8) is 0 Å². The summed E-state index contributed by atoms with van der Waals surface area (Å²) in [5, 5.41) is 3.43. The van der Waals surface area contributed by atoms with Crippen molar-refractivity contribution in [2.75, 3.05) is 17.3 Å². The smallest absolute Gasteiger partial charge is 0.276 e. The molecule has 1 fully saturated rings. The number of hydrogen-bond acceptors (Lipinski definition) is 4. The van der Waals surface area contributed by atoms with Crippen molar-refractivity contribution in [1.29, 1.82) is 0 Å². The number of carbonyl (C=O) groups is 1. The molecule has 0 radical (unpaired) electrons. The molecule has 1 amide bonds. The average Bonchev–Trinajstić information content (AvgIpc) is 2.62. The third-order valence-corrected chi connectivity index (χ3v) is 4.29. The van der Waals surface area contributed by atoms with E-state index in [0.717, 1.165) is 24.3 Å². The Labute approximate surface area is 136 Å². The van der Waals surface area contributed by atoms with E-state index in [0.29, 0.717) is 11.7 Å². The van der Waals surface area contributed by atoms with Gasteiger partial charge in [0.25, 0.3) is 5.91 Å². The lowest BCUT2D eigenvalue weighted by atomic mass is 9.95. The summed E-state index contributed by atoms with van der Waals surface area (Å²) >= 11 is 0. The Morgan fingerprint density at radius 2 is 1.87 bits per heavy atom. The average molecular weight is 310 g/mol. The highest BCUT2D eigenvalue weighted by Crippen LogP contribution is 2.21. The van der Waals surface area contributed by atoms with Gasteiger partial charge in [0.15, 0.2) is 0 Å². The van der Waals surface area contributed by atoms with Crippen LogP contribution >= 0.6 is 0 Å². The van der Waals surface area contributed by atoms with Gasteiger partial charge in [0.2, 0.25) is 0 Å². The highest BCUT2D eigenvalue weighted by Gasteiger charge is 2.17. The summed E-state index contributed by atoms with van der Waals surface area (Å²) in [6.07, 6.45) is 7.61. The largest absolute Gasteiger partial charge is 0.367 e. The number of anilines is 2. The maximum Gasteiger partial charge on any atom is 0.276 e. The fraction of sp³-hybridized carbons (Fsp3) is 0.389. The monoisotopic (exact) mass is 310 g/mol. The first-order valence-corrected chi connectivity index (χ1v) is 8.16. The number of nitrogens with one attached hydrogen (secondary N) is 1. The second-order valence-electron chi connectivity index (χ2n) is 5.97. The van der Waals surface area contributed by atoms with E-state index < -0.39 is 0 Å². The minimum absolute atomic E-state index is 0.134. The molecule has 1 saturated carbocycles. The third-order valence-electron chi connectivity index (χ3n) is 4.29. The van der Waals surface area contributed by atoms with Gasteiger partial charge in [-0.1, -0.05) is 37.5 Å². The molecule has 23 heavy (non-hydrogen) atoms. The van der Waals surface area contributed by atoms with Crippen molar-refractivity contribution in [2.24, 2.45) is 0 Å². The van der Waals surface area contributed by atoms with Crippen molar-refractivity contribution in [3.8, 4) is 0 Å². The Morgan fingerprint density at radius 3 is 2.61 bits per heavy atom. The fourth-order valence-corrected chi connectivity index (χ4v) is 2.95. The topological polar surface area (TPSA) is 58.1 Å². The summed E-state index contributed by atoms with van der Waals surface area (Å²) < 4.78 is 0. The molecule has 2 aromatic rings. The molecule has 5 nitrogen and oxygen atoms in total. The molecule has 0 atom stereocenters. The summed E-state index contributed by atoms with van der Waals surface area (Å²) in [7, 11) is 1.76. The van der Waals surface area contributed by atoms with Crippen LogP contribution in [-0.2, 0) is 0 Å². The van der Waals surface area contributed by atoms with Crippen LogP contribution in [0, 0.1) is 0 Å². The Balaban J connectivity index is 1.72. The lowest BCUT2D eigenvalue weighted by Crippen LogP contribution is -2.28. The number of rotatable bonds is 4. The van der Waals surface area contributed by atoms with Crippen LogP contribution in [0.3, 0.4) is 0 Å². The SMILES string of the molecule is CN(C(=O)c1cc(NC2CCCCC2)ncn1)c1ccccc1. The Morgan fingerprint density at radius 1 is 1.13 bits per heavy atom. The number of aromatic nitrogens is 2. The van der Waals surface area contributed by atoms with Gasteiger partial charge in [0.1, 0.15) is 17.8 Å². The van der Waals surface area contributed by atoms with E-state index in [4.69, 9.17) is 0 Å². The lowest BCUT2D eigenvalue weighted by molar-refractivity contribution is 0.0988. The molecule has 1 aromatic heterocycles. The molecule has 1 heterocycles. The van der Waals surface area contributed by atoms with Gasteiger partial charge in [0.05, 0.1) is 0 Å². The van der Waals surface area contributed by atoms with Gasteiger partial charge in [-0.2, -0.15) is 0 Å². The highest BCUT2D eigenvalue weighted by molar-refractivity contribution is 6.04. The predicted molar refractivity (Wildman–Crippen MR) is 91.7 cm³/mol. The van der Waals surface area contributed by atoms with E-state index in [9.17, 15) is 4.79 Å². The zero-order valence-electron chi connectivity index (χ0n) is 13.4. The second-order valence-corrected chi connectivity index (χ2v) is 5.97. The third kappa shape index (κ3) is 3.86. The summed E-state index contributed by atoms with van der Waals surface area (Å²) in [4.78, 5) is 22.6. The number of para-hydroxylation sites is 1. The van der Waals surface area contributed by atoms with Crippen LogP contribution in [0.25, 0.3) is 0 Å². The number of nitrogens with zero attached hydrogens (tertiary/aromatic N) is 3. The lowest BCUT2D eigenvalue weighted by Gasteiger charge is -2.23. The zero-order chi connectivity index (χ0) is 16.1. The Bertz CT molecular complexity index is 653. The normalized spacial score (nSPS) is 15.2. The van der Waals surface area contributed by atoms with Gasteiger partial charge in [-0.3, -0.25) is 4.79 Å². The molecule has 5 heteroatoms. The molecule has 0 spiro atoms. The van der Waals surface area contributed by atoms with E-state index in [1.54, 1.807) is 18.0 Å². The number of hydrogen-bond donors (Lipinski definition) is 1. The number of carbonyl (C=O) groups excluding carboxylic acids is 1. The highest BCUT2D eigenvalue weighted by atomic mass is 16.2. The van der Waals surface area contributed by atoms with Gasteiger partial charge in [-0.25, -0.2) is 9.97 Å². The van der Waals surface area contributed by atoms with Crippen LogP contribution in [0.2, 0.25) is 0 Å². The van der Waals surface area contributed by atoms with Crippen molar-refractivity contribution >= 4 is 17.4 Å². The first-order valence-electron chi connectivity index (χ1n) is 8.16. The van der Waals surface area contributed by atoms with Crippen LogP contribution in [-0.4, -0.2) is 29.0 Å². The van der Waals surface area contributed by atoms with Crippen LogP contribution in [0.15, 0.2) is 42.7 Å². The van der Waals surface area contributed by atoms with E-state index in [2.05, 4.69) is 15.3 Å². The zero-order valence-corrected chi connectivity index (χ0v) is 13.4. The van der Waals surface area contributed by atoms with Crippen molar-refractivity contribution < 1.29 is 4.79 Å². The maximum absolute atomic E-state index is 12.6. The molecule has 1 aliphatic carbocycles. The molecule has 0 aliphatic heterocycles. The molecule has 0 unspecified atom stereocenters. The van der Waals surface area contributed by atoms with Crippen molar-refractivity contribution in [2.45, 2.75) is 38.1 Å². The first kappa shape index (κ1) is 15.5. The second kappa shape index (κ2) is 7.22. The summed E-state index contributed by atoms with van der Waals surface area (Å²) in [5.74, 6) is 0.599. The van der Waals surface area contributed by atoms with Crippen LogP contribution in [0.5, 0.6) is 0 Å². The minimum Gasteiger partial charge on any atom is -0.367 e. The fourth-order valence-electron chi connectivity index (χ4n) is 2.95. The van der Waals surface area contributed by atoms with Crippen molar-refractivity contribution in [1.82, 2.24) is 9.97 Å². The summed E-state index contributed by atoms with van der Waals surface area (Å²) in [6, 6.07) is 11.8. The van der Waals surface area contributed by atoms with Gasteiger partial charge in [-0.05, 0) is 25.0 Å². The first-order chi connectivity index (χ1) is 11.2. The number of amides is 1. The molecule has 0 bridgehead atoms. The molecular weight excluding hydrogens is 288 g/mol. The van der Waals surface area contributed by atoms with Crippen LogP contribution in [0.1, 0.15) is 42.6 Å². The molecule has 1 aliphatic rings.